The number of hydrogen-bond donors (Lipinski definition) is 1. The third-order valence-corrected chi connectivity index (χ3v) is 2.56. The van der Waals surface area contributed by atoms with Crippen LogP contribution in [0.1, 0.15) is 19.4 Å². The molecule has 84 valence electrons. The predicted molar refractivity (Wildman–Crippen MR) is 55.9 cm³/mol. The highest BCUT2D eigenvalue weighted by Gasteiger charge is 2.27. The van der Waals surface area contributed by atoms with Crippen molar-refractivity contribution in [2.45, 2.75) is 19.4 Å². The molecule has 0 fully saturated rings. The molecule has 0 bridgehead atoms. The summed E-state index contributed by atoms with van der Waals surface area (Å²) >= 11 is 2.87. The molecule has 0 aliphatic carbocycles. The fourth-order valence-corrected chi connectivity index (χ4v) is 1.64. The third kappa shape index (κ3) is 2.29. The molecule has 1 N–H and O–H groups in total. The van der Waals surface area contributed by atoms with Gasteiger partial charge in [-0.05, 0) is 35.8 Å². The molecule has 0 spiro atoms. The van der Waals surface area contributed by atoms with E-state index in [9.17, 15) is 13.9 Å². The van der Waals surface area contributed by atoms with Crippen molar-refractivity contribution in [2.75, 3.05) is 7.11 Å². The van der Waals surface area contributed by atoms with Gasteiger partial charge in [0.25, 0.3) is 0 Å². The van der Waals surface area contributed by atoms with Crippen LogP contribution >= 0.6 is 15.9 Å². The summed E-state index contributed by atoms with van der Waals surface area (Å²) in [5, 5.41) is 9.75. The lowest BCUT2D eigenvalue weighted by Gasteiger charge is -2.21. The molecule has 0 aromatic heterocycles. The summed E-state index contributed by atoms with van der Waals surface area (Å²) in [5.74, 6) is -2.41. The normalized spacial score (nSPS) is 11.7. The van der Waals surface area contributed by atoms with Crippen molar-refractivity contribution in [2.24, 2.45) is 0 Å². The second kappa shape index (κ2) is 4.06. The van der Waals surface area contributed by atoms with Crippen LogP contribution in [0.3, 0.4) is 0 Å². The van der Waals surface area contributed by atoms with Crippen LogP contribution in [0.15, 0.2) is 10.5 Å². The quantitative estimate of drug-likeness (QED) is 0.844. The topological polar surface area (TPSA) is 29.5 Å². The van der Waals surface area contributed by atoms with E-state index in [4.69, 9.17) is 4.74 Å². The molecule has 0 saturated heterocycles. The maximum atomic E-state index is 13.4. The van der Waals surface area contributed by atoms with Gasteiger partial charge in [0.15, 0.2) is 11.6 Å². The molecule has 15 heavy (non-hydrogen) atoms. The van der Waals surface area contributed by atoms with E-state index < -0.39 is 17.2 Å². The second-order valence-electron chi connectivity index (χ2n) is 3.63. The number of ether oxygens (including phenoxy) is 1. The zero-order chi connectivity index (χ0) is 11.8. The Kier molecular flexibility index (Phi) is 3.35. The Labute approximate surface area is 95.0 Å². The Balaban J connectivity index is 3.53. The largest absolute Gasteiger partial charge is 0.493 e. The highest BCUT2D eigenvalue weighted by Crippen LogP contribution is 2.36. The molecule has 0 heterocycles. The van der Waals surface area contributed by atoms with Crippen LogP contribution in [0.25, 0.3) is 0 Å². The summed E-state index contributed by atoms with van der Waals surface area (Å²) < 4.78 is 31.3. The number of rotatable bonds is 2. The Morgan fingerprint density at radius 3 is 2.27 bits per heavy atom. The molecule has 0 aliphatic heterocycles. The van der Waals surface area contributed by atoms with E-state index in [1.807, 2.05) is 0 Å². The first kappa shape index (κ1) is 12.4. The minimum absolute atomic E-state index is 0.0436. The highest BCUT2D eigenvalue weighted by atomic mass is 79.9. The van der Waals surface area contributed by atoms with Crippen molar-refractivity contribution in [3.8, 4) is 5.75 Å². The van der Waals surface area contributed by atoms with E-state index in [1.165, 1.54) is 27.0 Å². The summed E-state index contributed by atoms with van der Waals surface area (Å²) in [7, 11) is 1.22. The van der Waals surface area contributed by atoms with Crippen molar-refractivity contribution < 1.29 is 18.6 Å². The first-order valence-corrected chi connectivity index (χ1v) is 5.02. The lowest BCUT2D eigenvalue weighted by atomic mass is 9.97. The molecule has 5 heteroatoms. The van der Waals surface area contributed by atoms with E-state index in [0.717, 1.165) is 0 Å². The standard InChI is InChI=1S/C10H11BrF2O2/c1-10(2,14)5-4-6(11)7(12)8(13)9(5)15-3/h4,14H,1-3H3. The smallest absolute Gasteiger partial charge is 0.202 e. The van der Waals surface area contributed by atoms with E-state index in [1.54, 1.807) is 0 Å². The Morgan fingerprint density at radius 1 is 1.33 bits per heavy atom. The van der Waals surface area contributed by atoms with Crippen LogP contribution in [0.2, 0.25) is 0 Å². The van der Waals surface area contributed by atoms with Crippen molar-refractivity contribution >= 4 is 15.9 Å². The van der Waals surface area contributed by atoms with Crippen LogP contribution in [0.5, 0.6) is 5.75 Å². The predicted octanol–water partition coefficient (Wildman–Crippen LogP) is 2.96. The van der Waals surface area contributed by atoms with Crippen molar-refractivity contribution in [1.29, 1.82) is 0 Å². The maximum Gasteiger partial charge on any atom is 0.202 e. The fraction of sp³-hybridized carbons (Fsp3) is 0.400. The second-order valence-corrected chi connectivity index (χ2v) is 4.48. The molecule has 0 saturated carbocycles. The van der Waals surface area contributed by atoms with Gasteiger partial charge < -0.3 is 9.84 Å². The molecular weight excluding hydrogens is 270 g/mol. The summed E-state index contributed by atoms with van der Waals surface area (Å²) in [6.07, 6.45) is 0. The molecular formula is C10H11BrF2O2. The SMILES string of the molecule is COc1c(C(C)(C)O)cc(Br)c(F)c1F. The first-order chi connectivity index (χ1) is 6.79. The molecule has 0 atom stereocenters. The number of halogens is 3. The highest BCUT2D eigenvalue weighted by molar-refractivity contribution is 9.10. The van der Waals surface area contributed by atoms with Gasteiger partial charge in [-0.15, -0.1) is 0 Å². The molecule has 2 nitrogen and oxygen atoms in total. The number of benzene rings is 1. The average molecular weight is 281 g/mol. The lowest BCUT2D eigenvalue weighted by Crippen LogP contribution is -2.18. The van der Waals surface area contributed by atoms with Crippen LogP contribution in [-0.4, -0.2) is 12.2 Å². The third-order valence-electron chi connectivity index (χ3n) is 1.98. The zero-order valence-corrected chi connectivity index (χ0v) is 10.2. The Bertz CT molecular complexity index is 386. The van der Waals surface area contributed by atoms with Gasteiger partial charge in [0, 0.05) is 5.56 Å². The van der Waals surface area contributed by atoms with Gasteiger partial charge in [-0.2, -0.15) is 4.39 Å². The van der Waals surface area contributed by atoms with Crippen LogP contribution in [-0.2, 0) is 5.60 Å². The maximum absolute atomic E-state index is 13.4. The number of hydrogen-bond acceptors (Lipinski definition) is 2. The molecule has 0 aliphatic rings. The van der Waals surface area contributed by atoms with E-state index >= 15 is 0 Å². The van der Waals surface area contributed by atoms with Gasteiger partial charge in [-0.25, -0.2) is 4.39 Å². The van der Waals surface area contributed by atoms with Gasteiger partial charge >= 0.3 is 0 Å². The van der Waals surface area contributed by atoms with Crippen LogP contribution < -0.4 is 4.74 Å². The number of methoxy groups -OCH3 is 1. The molecule has 1 aromatic rings. The minimum Gasteiger partial charge on any atom is -0.493 e. The van der Waals surface area contributed by atoms with E-state index in [2.05, 4.69) is 15.9 Å². The summed E-state index contributed by atoms with van der Waals surface area (Å²) in [4.78, 5) is 0. The summed E-state index contributed by atoms with van der Waals surface area (Å²) in [6, 6.07) is 1.30. The van der Waals surface area contributed by atoms with Crippen molar-refractivity contribution in [1.82, 2.24) is 0 Å². The molecule has 0 radical (unpaired) electrons. The van der Waals surface area contributed by atoms with Crippen LogP contribution in [0.4, 0.5) is 8.78 Å². The molecule has 0 unspecified atom stereocenters. The van der Waals surface area contributed by atoms with Gasteiger partial charge in [0.1, 0.15) is 0 Å². The van der Waals surface area contributed by atoms with Crippen molar-refractivity contribution in [3.63, 3.8) is 0 Å². The molecule has 1 rings (SSSR count). The fourth-order valence-electron chi connectivity index (χ4n) is 1.23. The summed E-state index contributed by atoms with van der Waals surface area (Å²) in [6.45, 7) is 2.93. The van der Waals surface area contributed by atoms with Gasteiger partial charge in [-0.1, -0.05) is 0 Å². The lowest BCUT2D eigenvalue weighted by molar-refractivity contribution is 0.0746. The van der Waals surface area contributed by atoms with Crippen molar-refractivity contribution in [3.05, 3.63) is 27.7 Å². The monoisotopic (exact) mass is 280 g/mol. The van der Waals surface area contributed by atoms with E-state index in [-0.39, 0.29) is 15.8 Å². The Morgan fingerprint density at radius 2 is 1.87 bits per heavy atom. The van der Waals surface area contributed by atoms with Gasteiger partial charge in [0.2, 0.25) is 5.82 Å². The van der Waals surface area contributed by atoms with Gasteiger partial charge in [-0.3, -0.25) is 0 Å². The van der Waals surface area contributed by atoms with Gasteiger partial charge in [0.05, 0.1) is 17.2 Å². The number of aliphatic hydroxyl groups is 1. The zero-order valence-electron chi connectivity index (χ0n) is 8.57. The van der Waals surface area contributed by atoms with Crippen LogP contribution in [0, 0.1) is 11.6 Å². The molecule has 0 amide bonds. The Hall–Kier alpha value is -0.680. The molecule has 1 aromatic carbocycles. The first-order valence-electron chi connectivity index (χ1n) is 4.23. The average Bonchev–Trinajstić information content (AvgIpc) is 2.12. The van der Waals surface area contributed by atoms with E-state index in [0.29, 0.717) is 0 Å². The minimum atomic E-state index is -1.30. The summed E-state index contributed by atoms with van der Waals surface area (Å²) in [5.41, 5.74) is -1.11.